The zero-order valence-corrected chi connectivity index (χ0v) is 15.7. The van der Waals surface area contributed by atoms with Crippen molar-refractivity contribution in [3.05, 3.63) is 70.4 Å². The first kappa shape index (κ1) is 18.6. The van der Waals surface area contributed by atoms with E-state index >= 15 is 0 Å². The lowest BCUT2D eigenvalue weighted by atomic mass is 9.90. The molecule has 1 saturated heterocycles. The molecule has 0 radical (unpaired) electrons. The maximum atomic E-state index is 13.3. The molecule has 0 aliphatic carbocycles. The fraction of sp³-hybridized carbons (Fsp3) is 0.364. The minimum Gasteiger partial charge on any atom is -0.305 e. The highest BCUT2D eigenvalue weighted by atomic mass is 19.1. The van der Waals surface area contributed by atoms with Crippen molar-refractivity contribution in [3.63, 3.8) is 0 Å². The predicted molar refractivity (Wildman–Crippen MR) is 107 cm³/mol. The molecule has 0 unspecified atom stereocenters. The van der Waals surface area contributed by atoms with E-state index in [9.17, 15) is 14.0 Å². The summed E-state index contributed by atoms with van der Waals surface area (Å²) in [5.74, 6) is -0.0125. The van der Waals surface area contributed by atoms with Crippen molar-refractivity contribution in [1.82, 2.24) is 14.5 Å². The molecule has 0 bridgehead atoms. The zero-order chi connectivity index (χ0) is 19.5. The number of imidazole rings is 1. The number of piperidine rings is 1. The maximum Gasteiger partial charge on any atom is 0.333 e. The third kappa shape index (κ3) is 4.07. The SMILES string of the molecule is O=C(CCN1CCC(Cc2ccccc2)CC1)n1c(=O)[nH]c2cc(F)ccc21. The van der Waals surface area contributed by atoms with Gasteiger partial charge in [-0.25, -0.2) is 13.8 Å². The van der Waals surface area contributed by atoms with Crippen LogP contribution in [0, 0.1) is 11.7 Å². The highest BCUT2D eigenvalue weighted by molar-refractivity contribution is 5.90. The number of likely N-dealkylation sites (tertiary alicyclic amines) is 1. The predicted octanol–water partition coefficient (Wildman–Crippen LogP) is 3.45. The van der Waals surface area contributed by atoms with Crippen LogP contribution in [0.25, 0.3) is 11.0 Å². The van der Waals surface area contributed by atoms with Crippen LogP contribution in [0.1, 0.15) is 29.6 Å². The topological polar surface area (TPSA) is 58.1 Å². The Kier molecular flexibility index (Phi) is 5.39. The lowest BCUT2D eigenvalue weighted by molar-refractivity contribution is 0.0872. The Morgan fingerprint density at radius 2 is 1.86 bits per heavy atom. The Morgan fingerprint density at radius 3 is 2.61 bits per heavy atom. The summed E-state index contributed by atoms with van der Waals surface area (Å²) in [6.07, 6.45) is 3.62. The Morgan fingerprint density at radius 1 is 1.11 bits per heavy atom. The second kappa shape index (κ2) is 8.10. The number of fused-ring (bicyclic) bond motifs is 1. The highest BCUT2D eigenvalue weighted by Gasteiger charge is 2.21. The average molecular weight is 381 g/mol. The van der Waals surface area contributed by atoms with E-state index in [1.807, 2.05) is 6.07 Å². The van der Waals surface area contributed by atoms with Crippen LogP contribution in [0.3, 0.4) is 0 Å². The zero-order valence-electron chi connectivity index (χ0n) is 15.7. The van der Waals surface area contributed by atoms with Crippen LogP contribution in [0.4, 0.5) is 4.39 Å². The number of H-pyrrole nitrogens is 1. The molecule has 146 valence electrons. The van der Waals surface area contributed by atoms with Crippen molar-refractivity contribution in [1.29, 1.82) is 0 Å². The van der Waals surface area contributed by atoms with E-state index in [4.69, 9.17) is 0 Å². The van der Waals surface area contributed by atoms with Gasteiger partial charge in [0.25, 0.3) is 0 Å². The molecule has 6 heteroatoms. The number of aromatic amines is 1. The third-order valence-electron chi connectivity index (χ3n) is 5.61. The molecule has 1 aromatic heterocycles. The van der Waals surface area contributed by atoms with Gasteiger partial charge in [0.05, 0.1) is 11.0 Å². The lowest BCUT2D eigenvalue weighted by Crippen LogP contribution is -2.37. The summed E-state index contributed by atoms with van der Waals surface area (Å²) in [5, 5.41) is 0. The summed E-state index contributed by atoms with van der Waals surface area (Å²) in [7, 11) is 0. The van der Waals surface area contributed by atoms with Gasteiger partial charge >= 0.3 is 5.69 Å². The van der Waals surface area contributed by atoms with Gasteiger partial charge in [-0.15, -0.1) is 0 Å². The Bertz CT molecular complexity index is 1020. The number of hydrogen-bond donors (Lipinski definition) is 1. The van der Waals surface area contributed by atoms with Crippen LogP contribution in [-0.2, 0) is 6.42 Å². The Labute approximate surface area is 162 Å². The number of halogens is 1. The fourth-order valence-corrected chi connectivity index (χ4v) is 4.06. The van der Waals surface area contributed by atoms with Crippen LogP contribution in [0.5, 0.6) is 0 Å². The molecular formula is C22H24FN3O2. The van der Waals surface area contributed by atoms with Crippen molar-refractivity contribution in [2.75, 3.05) is 19.6 Å². The summed E-state index contributed by atoms with van der Waals surface area (Å²) in [4.78, 5) is 29.5. The van der Waals surface area contributed by atoms with E-state index in [0.29, 0.717) is 23.5 Å². The molecule has 2 heterocycles. The second-order valence-corrected chi connectivity index (χ2v) is 7.55. The second-order valence-electron chi connectivity index (χ2n) is 7.55. The molecular weight excluding hydrogens is 357 g/mol. The minimum atomic E-state index is -0.507. The Balaban J connectivity index is 1.31. The summed E-state index contributed by atoms with van der Waals surface area (Å²) in [6, 6.07) is 14.5. The molecule has 1 fully saturated rings. The van der Waals surface area contributed by atoms with Gasteiger partial charge < -0.3 is 9.88 Å². The molecule has 1 aliphatic heterocycles. The van der Waals surface area contributed by atoms with Crippen LogP contribution >= 0.6 is 0 Å². The summed E-state index contributed by atoms with van der Waals surface area (Å²) in [6.45, 7) is 2.58. The van der Waals surface area contributed by atoms with E-state index < -0.39 is 11.5 Å². The smallest absolute Gasteiger partial charge is 0.305 e. The van der Waals surface area contributed by atoms with Gasteiger partial charge in [-0.1, -0.05) is 30.3 Å². The molecule has 0 spiro atoms. The van der Waals surface area contributed by atoms with Crippen molar-refractivity contribution in [2.24, 2.45) is 5.92 Å². The molecule has 0 amide bonds. The fourth-order valence-electron chi connectivity index (χ4n) is 4.06. The number of carbonyl (C=O) groups is 1. The molecule has 3 aromatic rings. The average Bonchev–Trinajstić information content (AvgIpc) is 3.03. The summed E-state index contributed by atoms with van der Waals surface area (Å²) >= 11 is 0. The molecule has 0 atom stereocenters. The number of hydrogen-bond acceptors (Lipinski definition) is 3. The normalized spacial score (nSPS) is 15.9. The van der Waals surface area contributed by atoms with Gasteiger partial charge in [0.2, 0.25) is 5.91 Å². The third-order valence-corrected chi connectivity index (χ3v) is 5.61. The Hall–Kier alpha value is -2.73. The van der Waals surface area contributed by atoms with Crippen molar-refractivity contribution < 1.29 is 9.18 Å². The quantitative estimate of drug-likeness (QED) is 0.736. The van der Waals surface area contributed by atoms with Gasteiger partial charge in [0, 0.05) is 13.0 Å². The van der Waals surface area contributed by atoms with Gasteiger partial charge in [0.15, 0.2) is 0 Å². The summed E-state index contributed by atoms with van der Waals surface area (Å²) in [5.41, 5.74) is 1.65. The molecule has 1 aliphatic rings. The first-order chi connectivity index (χ1) is 13.6. The minimum absolute atomic E-state index is 0.255. The van der Waals surface area contributed by atoms with Crippen LogP contribution in [0.2, 0.25) is 0 Å². The molecule has 28 heavy (non-hydrogen) atoms. The molecule has 1 N–H and O–H groups in total. The first-order valence-electron chi connectivity index (χ1n) is 9.80. The number of carbonyl (C=O) groups excluding carboxylic acids is 1. The van der Waals surface area contributed by atoms with Gasteiger partial charge in [-0.2, -0.15) is 0 Å². The van der Waals surface area contributed by atoms with Gasteiger partial charge in [-0.3, -0.25) is 4.79 Å². The first-order valence-corrected chi connectivity index (χ1v) is 9.80. The van der Waals surface area contributed by atoms with Gasteiger partial charge in [-0.05, 0) is 62.0 Å². The van der Waals surface area contributed by atoms with E-state index in [1.165, 1.54) is 23.8 Å². The molecule has 5 nitrogen and oxygen atoms in total. The monoisotopic (exact) mass is 381 g/mol. The largest absolute Gasteiger partial charge is 0.333 e. The number of benzene rings is 2. The molecule has 2 aromatic carbocycles. The molecule has 4 rings (SSSR count). The highest BCUT2D eigenvalue weighted by Crippen LogP contribution is 2.22. The van der Waals surface area contributed by atoms with Crippen molar-refractivity contribution in [2.45, 2.75) is 25.7 Å². The van der Waals surface area contributed by atoms with Crippen LogP contribution < -0.4 is 5.69 Å². The number of aromatic nitrogens is 2. The maximum absolute atomic E-state index is 13.3. The number of rotatable bonds is 5. The van der Waals surface area contributed by atoms with E-state index in [-0.39, 0.29) is 12.3 Å². The number of nitrogens with one attached hydrogen (secondary N) is 1. The van der Waals surface area contributed by atoms with E-state index in [0.717, 1.165) is 36.9 Å². The lowest BCUT2D eigenvalue weighted by Gasteiger charge is -2.31. The van der Waals surface area contributed by atoms with Crippen LogP contribution in [-0.4, -0.2) is 40.0 Å². The van der Waals surface area contributed by atoms with E-state index in [1.54, 1.807) is 0 Å². The van der Waals surface area contributed by atoms with Crippen molar-refractivity contribution in [3.8, 4) is 0 Å². The standard InChI is InChI=1S/C22H24FN3O2/c23-18-6-7-20-19(15-18)24-22(28)26(20)21(27)10-13-25-11-8-17(9-12-25)14-16-4-2-1-3-5-16/h1-7,15,17H,8-14H2,(H,24,28). The van der Waals surface area contributed by atoms with Crippen LogP contribution in [0.15, 0.2) is 53.3 Å². The van der Waals surface area contributed by atoms with Gasteiger partial charge in [0.1, 0.15) is 5.82 Å². The van der Waals surface area contributed by atoms with Crippen molar-refractivity contribution >= 4 is 16.9 Å². The molecule has 0 saturated carbocycles. The number of nitrogens with zero attached hydrogens (tertiary/aromatic N) is 2. The van der Waals surface area contributed by atoms with E-state index in [2.05, 4.69) is 34.1 Å². The summed E-state index contributed by atoms with van der Waals surface area (Å²) < 4.78 is 14.4.